The van der Waals surface area contributed by atoms with Crippen LogP contribution >= 0.6 is 0 Å². The predicted molar refractivity (Wildman–Crippen MR) is 224 cm³/mol. The quantitative estimate of drug-likeness (QED) is 0.0987. The fraction of sp³-hybridized carbons (Fsp3) is 0.512. The van der Waals surface area contributed by atoms with E-state index in [0.717, 1.165) is 72.3 Å². The van der Waals surface area contributed by atoms with Crippen LogP contribution in [0.2, 0.25) is 0 Å². The largest absolute Gasteiger partial charge is 0.446 e. The van der Waals surface area contributed by atoms with Crippen LogP contribution in [-0.4, -0.2) is 85.2 Å². The second-order valence-corrected chi connectivity index (χ2v) is 20.7. The number of H-pyrrole nitrogens is 2. The fourth-order valence-corrected chi connectivity index (χ4v) is 11.5. The van der Waals surface area contributed by atoms with Gasteiger partial charge in [-0.2, -0.15) is 10.2 Å². The van der Waals surface area contributed by atoms with E-state index >= 15 is 0 Å². The van der Waals surface area contributed by atoms with Gasteiger partial charge in [0.25, 0.3) is 0 Å². The van der Waals surface area contributed by atoms with E-state index in [-0.39, 0.29) is 65.6 Å². The summed E-state index contributed by atoms with van der Waals surface area (Å²) in [5.74, 6) is 2.12. The van der Waals surface area contributed by atoms with Crippen molar-refractivity contribution >= 4 is 54.9 Å². The van der Waals surface area contributed by atoms with Crippen molar-refractivity contribution in [2.45, 2.75) is 126 Å². The van der Waals surface area contributed by atoms with E-state index in [4.69, 9.17) is 9.47 Å². The smallest absolute Gasteiger partial charge is 0.407 e. The van der Waals surface area contributed by atoms with Crippen LogP contribution in [0.5, 0.6) is 0 Å². The summed E-state index contributed by atoms with van der Waals surface area (Å²) in [5.41, 5.74) is 6.05. The Balaban J connectivity index is 0.000000179. The number of hydrogen-bond donors (Lipinski definition) is 6. The first-order valence-corrected chi connectivity index (χ1v) is 23.8. The standard InChI is InChI=1S/C21H28N4O4S.C20H26N4O4S/c1-13(2)22-21(26)29-16-7-6-15(10-16)19-11-20(25-24-19)23-18-5-3-4-14-8-9-30(27,28)12-17(14)18;1-12(2)21-20(25)28-15-7-6-14(10-15)17-11-18(24-23-17)22-16-5-3-4-13-8-9-29(26,27)19(13)16/h3-5,11,13,15-16H,6-10,12H2,1-2H3,(H,22,26)(H2,23,24,25);3-5,11-12,14-15H,6-10H2,1-2H3,(H,21,25)(H2,22,23,24)/t15-,16+;14-,15+/m00/s1. The average molecular weight is 851 g/mol. The minimum atomic E-state index is -3.25. The lowest BCUT2D eigenvalue weighted by molar-refractivity contribution is 0.0972. The van der Waals surface area contributed by atoms with Crippen LogP contribution in [0.15, 0.2) is 53.4 Å². The highest BCUT2D eigenvalue weighted by Crippen LogP contribution is 2.39. The summed E-state index contributed by atoms with van der Waals surface area (Å²) >= 11 is 0. The zero-order valence-electron chi connectivity index (χ0n) is 33.8. The predicted octanol–water partition coefficient (Wildman–Crippen LogP) is 6.65. The molecule has 2 aromatic carbocycles. The van der Waals surface area contributed by atoms with Crippen molar-refractivity contribution < 1.29 is 35.9 Å². The van der Waals surface area contributed by atoms with E-state index in [9.17, 15) is 26.4 Å². The first kappa shape index (κ1) is 42.0. The van der Waals surface area contributed by atoms with Crippen LogP contribution in [0.25, 0.3) is 0 Å². The summed E-state index contributed by atoms with van der Waals surface area (Å²) in [5, 5.41) is 26.7. The number of anilines is 4. The van der Waals surface area contributed by atoms with Crippen LogP contribution in [-0.2, 0) is 47.7 Å². The lowest BCUT2D eigenvalue weighted by Crippen LogP contribution is -2.33. The van der Waals surface area contributed by atoms with E-state index in [1.165, 1.54) is 0 Å². The number of carbonyl (C=O) groups is 2. The molecular formula is C41H54N8O8S2. The minimum Gasteiger partial charge on any atom is -0.446 e. The third-order valence-corrected chi connectivity index (χ3v) is 14.5. The van der Waals surface area contributed by atoms with Gasteiger partial charge in [0, 0.05) is 53.1 Å². The van der Waals surface area contributed by atoms with Crippen molar-refractivity contribution in [3.8, 4) is 0 Å². The number of aromatic amines is 2. The molecule has 0 spiro atoms. The Bertz CT molecular complexity index is 2380. The summed E-state index contributed by atoms with van der Waals surface area (Å²) in [6.45, 7) is 7.59. The van der Waals surface area contributed by atoms with Crippen LogP contribution in [0.3, 0.4) is 0 Å². The van der Waals surface area contributed by atoms with E-state index in [1.807, 2.05) is 70.2 Å². The lowest BCUT2D eigenvalue weighted by Gasteiger charge is -2.19. The van der Waals surface area contributed by atoms with Gasteiger partial charge in [0.1, 0.15) is 12.2 Å². The van der Waals surface area contributed by atoms with Crippen LogP contribution in [0.4, 0.5) is 32.6 Å². The number of sulfone groups is 2. The molecule has 0 saturated heterocycles. The van der Waals surface area contributed by atoms with Gasteiger partial charge in [0.05, 0.1) is 27.8 Å². The molecule has 4 aliphatic rings. The van der Waals surface area contributed by atoms with E-state index < -0.39 is 19.7 Å². The van der Waals surface area contributed by atoms with Crippen LogP contribution in [0.1, 0.15) is 106 Å². The zero-order valence-corrected chi connectivity index (χ0v) is 35.5. The van der Waals surface area contributed by atoms with Crippen molar-refractivity contribution in [1.29, 1.82) is 0 Å². The number of alkyl carbamates (subject to hydrolysis) is 2. The normalized spacial score (nSPS) is 22.5. The van der Waals surface area contributed by atoms with Crippen molar-refractivity contribution in [3.63, 3.8) is 0 Å². The Labute approximate surface area is 345 Å². The molecule has 2 aliphatic heterocycles. The number of benzene rings is 2. The first-order valence-electron chi connectivity index (χ1n) is 20.4. The highest BCUT2D eigenvalue weighted by molar-refractivity contribution is 7.92. The van der Waals surface area contributed by atoms with Crippen LogP contribution < -0.4 is 21.3 Å². The lowest BCUT2D eigenvalue weighted by atomic mass is 10.0. The summed E-state index contributed by atoms with van der Waals surface area (Å²) in [6.07, 6.45) is 5.08. The average Bonchev–Trinajstić information content (AvgIpc) is 4.01. The maximum absolute atomic E-state index is 12.4. The molecule has 2 fully saturated rings. The van der Waals surface area contributed by atoms with Crippen molar-refractivity contribution in [1.82, 2.24) is 31.0 Å². The Kier molecular flexibility index (Phi) is 12.6. The molecule has 4 atom stereocenters. The summed E-state index contributed by atoms with van der Waals surface area (Å²) in [4.78, 5) is 24.0. The number of rotatable bonds is 10. The highest BCUT2D eigenvalue weighted by atomic mass is 32.2. The van der Waals surface area contributed by atoms with Gasteiger partial charge in [-0.3, -0.25) is 10.2 Å². The Morgan fingerprint density at radius 2 is 1.20 bits per heavy atom. The molecule has 2 aromatic heterocycles. The number of amides is 2. The number of nitrogens with zero attached hydrogens (tertiary/aromatic N) is 2. The third kappa shape index (κ3) is 10.6. The van der Waals surface area contributed by atoms with E-state index in [2.05, 4.69) is 41.7 Å². The second kappa shape index (κ2) is 17.6. The Morgan fingerprint density at radius 1 is 0.695 bits per heavy atom. The molecule has 318 valence electrons. The molecule has 6 N–H and O–H groups in total. The van der Waals surface area contributed by atoms with E-state index in [1.54, 1.807) is 6.07 Å². The molecule has 8 rings (SSSR count). The minimum absolute atomic E-state index is 0.0455. The SMILES string of the molecule is CC(C)NC(=O)O[C@@H]1CC[C@H](c2cc(Nc3cccc4c3CS(=O)(=O)CC4)n[nH]2)C1.CC(C)NC(=O)O[C@@H]1CC[C@H](c2cc(Nc3cccc4c3S(=O)(=O)CC4)n[nH]2)C1. The Morgan fingerprint density at radius 3 is 1.76 bits per heavy atom. The van der Waals surface area contributed by atoms with Gasteiger partial charge in [-0.25, -0.2) is 26.4 Å². The topological polar surface area (TPSA) is 226 Å². The van der Waals surface area contributed by atoms with Gasteiger partial charge in [-0.1, -0.05) is 24.3 Å². The van der Waals surface area contributed by atoms with Crippen molar-refractivity contribution in [3.05, 3.63) is 76.6 Å². The maximum atomic E-state index is 12.4. The number of carbonyl (C=O) groups excluding carboxylic acids is 2. The number of ether oxygens (including phenoxy) is 2. The van der Waals surface area contributed by atoms with Gasteiger partial charge in [0.15, 0.2) is 31.3 Å². The van der Waals surface area contributed by atoms with Gasteiger partial charge in [-0.15, -0.1) is 0 Å². The Hall–Kier alpha value is -5.10. The zero-order chi connectivity index (χ0) is 41.9. The fourth-order valence-electron chi connectivity index (χ4n) is 8.30. The van der Waals surface area contributed by atoms with Gasteiger partial charge in [0.2, 0.25) is 0 Å². The molecule has 4 aromatic rings. The molecule has 0 bridgehead atoms. The second-order valence-electron chi connectivity index (χ2n) is 16.5. The molecule has 18 heteroatoms. The number of fused-ring (bicyclic) bond motifs is 2. The number of hydrogen-bond acceptors (Lipinski definition) is 12. The monoisotopic (exact) mass is 850 g/mol. The van der Waals surface area contributed by atoms with Crippen molar-refractivity contribution in [2.75, 3.05) is 22.1 Å². The molecule has 0 radical (unpaired) electrons. The maximum Gasteiger partial charge on any atom is 0.407 e. The number of nitrogens with one attached hydrogen (secondary N) is 6. The third-order valence-electron chi connectivity index (χ3n) is 11.1. The van der Waals surface area contributed by atoms with Crippen molar-refractivity contribution in [2.24, 2.45) is 0 Å². The van der Waals surface area contributed by atoms with Gasteiger partial charge >= 0.3 is 12.2 Å². The molecule has 59 heavy (non-hydrogen) atoms. The molecule has 2 amide bonds. The number of aryl methyl sites for hydroxylation is 2. The summed E-state index contributed by atoms with van der Waals surface area (Å²) < 4.78 is 59.8. The van der Waals surface area contributed by atoms with Gasteiger partial charge in [-0.05, 0) is 108 Å². The number of aromatic nitrogens is 4. The molecular weight excluding hydrogens is 797 g/mol. The first-order chi connectivity index (χ1) is 28.1. The summed E-state index contributed by atoms with van der Waals surface area (Å²) in [7, 11) is -6.31. The molecule has 16 nitrogen and oxygen atoms in total. The van der Waals surface area contributed by atoms with Crippen LogP contribution in [0, 0.1) is 0 Å². The van der Waals surface area contributed by atoms with E-state index in [0.29, 0.717) is 35.1 Å². The highest BCUT2D eigenvalue weighted by Gasteiger charge is 2.33. The van der Waals surface area contributed by atoms with Gasteiger partial charge < -0.3 is 30.7 Å². The molecule has 2 aliphatic carbocycles. The summed E-state index contributed by atoms with van der Waals surface area (Å²) in [6, 6.07) is 15.3. The molecule has 4 heterocycles. The molecule has 2 saturated carbocycles. The molecule has 0 unspecified atom stereocenters.